The zero-order valence-electron chi connectivity index (χ0n) is 36.5. The summed E-state index contributed by atoms with van der Waals surface area (Å²) in [6, 6.07) is 13.7. The van der Waals surface area contributed by atoms with Crippen LogP contribution in [0.2, 0.25) is 0 Å². The van der Waals surface area contributed by atoms with Crippen LogP contribution in [0.3, 0.4) is 0 Å². The lowest BCUT2D eigenvalue weighted by Gasteiger charge is -2.31. The fourth-order valence-corrected chi connectivity index (χ4v) is 7.60. The van der Waals surface area contributed by atoms with Gasteiger partial charge in [0.25, 0.3) is 0 Å². The molecule has 0 amide bonds. The molecule has 0 bridgehead atoms. The molecule has 69 heavy (non-hydrogen) atoms. The molecule has 1 aromatic heterocycles. The van der Waals surface area contributed by atoms with Crippen LogP contribution in [0, 0.1) is 27.7 Å². The zero-order chi connectivity index (χ0) is 50.7. The van der Waals surface area contributed by atoms with Gasteiger partial charge < -0.3 is 85.4 Å². The predicted molar refractivity (Wildman–Crippen MR) is 240 cm³/mol. The number of hydrogen-bond donors (Lipinski definition) is 14. The van der Waals surface area contributed by atoms with Crippen LogP contribution in [0.5, 0.6) is 86.2 Å². The molecule has 3 atom stereocenters. The van der Waals surface area contributed by atoms with Gasteiger partial charge in [0.1, 0.15) is 74.2 Å². The van der Waals surface area contributed by atoms with Gasteiger partial charge in [-0.2, -0.15) is 0 Å². The number of aromatic hydroxyl groups is 13. The monoisotopic (exact) mass is 950 g/mol. The summed E-state index contributed by atoms with van der Waals surface area (Å²) in [7, 11) is 0. The Hall–Kier alpha value is -9.17. The highest BCUT2D eigenvalue weighted by Gasteiger charge is 2.41. The summed E-state index contributed by atoms with van der Waals surface area (Å²) in [5.74, 6) is -6.07. The number of aliphatic hydroxyl groups excluding tert-OH is 1. The molecule has 0 aliphatic carbocycles. The van der Waals surface area contributed by atoms with Crippen molar-refractivity contribution < 1.29 is 95.0 Å². The third-order valence-corrected chi connectivity index (χ3v) is 11.6. The normalized spacial score (nSPS) is 15.9. The Morgan fingerprint density at radius 2 is 1.03 bits per heavy atom. The molecular weight excluding hydrogens is 909 g/mol. The number of Topliss-reactive ketones (excluding diaryl/α,β-unsaturated/α-hetero) is 2. The van der Waals surface area contributed by atoms with Gasteiger partial charge in [0.15, 0.2) is 58.2 Å². The van der Waals surface area contributed by atoms with E-state index in [-0.39, 0.29) is 125 Å². The van der Waals surface area contributed by atoms with E-state index in [0.717, 1.165) is 18.2 Å². The van der Waals surface area contributed by atoms with Crippen LogP contribution in [-0.2, 0) is 0 Å². The Balaban J connectivity index is 0.000000153. The minimum atomic E-state index is -1.61. The van der Waals surface area contributed by atoms with Crippen molar-refractivity contribution in [2.75, 3.05) is 0 Å². The second kappa shape index (κ2) is 17.9. The number of ether oxygens (including phenoxy) is 2. The van der Waals surface area contributed by atoms with Crippen LogP contribution in [0.25, 0.3) is 22.3 Å². The predicted octanol–water partition coefficient (Wildman–Crippen LogP) is 6.62. The number of carbonyl (C=O) groups is 2. The highest BCUT2D eigenvalue weighted by Crippen LogP contribution is 2.49. The van der Waals surface area contributed by atoms with Crippen molar-refractivity contribution in [3.05, 3.63) is 121 Å². The molecule has 7 aromatic rings. The third-order valence-electron chi connectivity index (χ3n) is 11.6. The molecule has 2 aliphatic rings. The first kappa shape index (κ1) is 47.8. The first-order valence-electron chi connectivity index (χ1n) is 20.4. The van der Waals surface area contributed by atoms with Gasteiger partial charge in [-0.25, -0.2) is 0 Å². The third kappa shape index (κ3) is 8.46. The minimum Gasteiger partial charge on any atom is -0.507 e. The van der Waals surface area contributed by atoms with Crippen molar-refractivity contribution in [3.63, 3.8) is 0 Å². The molecule has 0 spiro atoms. The fraction of sp³-hybridized carbons (Fsp3) is 0.163. The molecule has 3 unspecified atom stereocenters. The quantitative estimate of drug-likeness (QED) is 0.0827. The lowest BCUT2D eigenvalue weighted by Crippen LogP contribution is -2.36. The van der Waals surface area contributed by atoms with Gasteiger partial charge in [0, 0.05) is 39.9 Å². The Morgan fingerprint density at radius 1 is 0.478 bits per heavy atom. The fourth-order valence-electron chi connectivity index (χ4n) is 7.60. The van der Waals surface area contributed by atoms with Crippen molar-refractivity contribution in [3.8, 4) is 97.6 Å². The van der Waals surface area contributed by atoms with Gasteiger partial charge in [-0.3, -0.25) is 14.4 Å². The van der Waals surface area contributed by atoms with Crippen LogP contribution in [0.1, 0.15) is 72.7 Å². The van der Waals surface area contributed by atoms with Gasteiger partial charge in [-0.15, -0.1) is 0 Å². The molecule has 14 N–H and O–H groups in total. The minimum absolute atomic E-state index is 0.0194. The maximum atomic E-state index is 12.4. The summed E-state index contributed by atoms with van der Waals surface area (Å²) in [6.07, 6.45) is -3.46. The van der Waals surface area contributed by atoms with E-state index in [1.54, 1.807) is 13.0 Å². The summed E-state index contributed by atoms with van der Waals surface area (Å²) in [6.45, 7) is 6.04. The smallest absolute Gasteiger partial charge is 0.238 e. The Kier molecular flexibility index (Phi) is 12.4. The first-order valence-corrected chi connectivity index (χ1v) is 20.4. The summed E-state index contributed by atoms with van der Waals surface area (Å²) in [5.41, 5.74) is 0.693. The molecule has 0 fully saturated rings. The summed E-state index contributed by atoms with van der Waals surface area (Å²) >= 11 is 0. The molecule has 9 rings (SSSR count). The molecule has 0 saturated heterocycles. The summed E-state index contributed by atoms with van der Waals surface area (Å²) in [4.78, 5) is 37.1. The van der Waals surface area contributed by atoms with E-state index in [1.807, 2.05) is 0 Å². The van der Waals surface area contributed by atoms with Crippen LogP contribution >= 0.6 is 0 Å². The van der Waals surface area contributed by atoms with E-state index in [4.69, 9.17) is 13.9 Å². The number of fused-ring (bicyclic) bond motifs is 3. The molecule has 20 heteroatoms. The van der Waals surface area contributed by atoms with Crippen molar-refractivity contribution in [2.45, 2.75) is 52.4 Å². The number of hydrogen-bond acceptors (Lipinski definition) is 20. The van der Waals surface area contributed by atoms with E-state index >= 15 is 0 Å². The van der Waals surface area contributed by atoms with E-state index in [9.17, 15) is 85.9 Å². The number of ketones is 2. The van der Waals surface area contributed by atoms with Crippen molar-refractivity contribution in [1.82, 2.24) is 0 Å². The first-order chi connectivity index (χ1) is 32.4. The lowest BCUT2D eigenvalue weighted by atomic mass is 9.91. The van der Waals surface area contributed by atoms with Crippen LogP contribution < -0.4 is 14.9 Å². The van der Waals surface area contributed by atoms with E-state index in [0.29, 0.717) is 11.1 Å². The average Bonchev–Trinajstić information content (AvgIpc) is 3.31. The standard InChI is InChI=1S/C17H16O6.C16H14O7.C16H12O7/c1-7-15(21)8(2)17-14(16(7)22)12(20)6-13(23-17)9-3-4-10(18)11(19)5-9;1-6-9(18)5-11(20)12-13(21)14(22)16(23-15(6)12)7-2-3-8(17)10(19)4-7;1-6-9(18)5-11-12(13(6)20)14(21)15(22)16(23-11)7-2-3-8(17)10(19)4-7/h3-5,13,18-19,21-22H,6H2,1-2H3;2-5,14,16-20,22H,1H3;2-5,17-20,22H,1H3. The Labute approximate surface area is 388 Å². The molecule has 358 valence electrons. The summed E-state index contributed by atoms with van der Waals surface area (Å²) in [5, 5.41) is 136. The second-order valence-corrected chi connectivity index (χ2v) is 16.0. The zero-order valence-corrected chi connectivity index (χ0v) is 36.5. The van der Waals surface area contributed by atoms with Gasteiger partial charge >= 0.3 is 0 Å². The van der Waals surface area contributed by atoms with Gasteiger partial charge in [0.2, 0.25) is 17.0 Å². The van der Waals surface area contributed by atoms with Gasteiger partial charge in [-0.05, 0) is 81.3 Å². The lowest BCUT2D eigenvalue weighted by molar-refractivity contribution is 0.0206. The SMILES string of the molecule is Cc1c(O)c(C)c2c(c1O)C(=O)CC(c1ccc(O)c(O)c1)O2.Cc1c(O)cc(O)c2c1OC(c1ccc(O)c(O)c1)C(O)C2=O.Cc1c(O)cc2oc(-c3ccc(O)c(O)c3)c(O)c(=O)c2c1O. The molecule has 0 radical (unpaired) electrons. The molecule has 2 aliphatic heterocycles. The number of benzene rings is 6. The van der Waals surface area contributed by atoms with E-state index in [2.05, 4.69) is 0 Å². The van der Waals surface area contributed by atoms with Crippen LogP contribution in [-0.4, -0.2) is 89.2 Å². The Bertz CT molecular complexity index is 3340. The second-order valence-electron chi connectivity index (χ2n) is 16.0. The topological polar surface area (TPSA) is 366 Å². The molecule has 3 heterocycles. The summed E-state index contributed by atoms with van der Waals surface area (Å²) < 4.78 is 16.8. The van der Waals surface area contributed by atoms with Crippen LogP contribution in [0.4, 0.5) is 0 Å². The van der Waals surface area contributed by atoms with E-state index in [1.165, 1.54) is 63.2 Å². The van der Waals surface area contributed by atoms with E-state index < -0.39 is 58.3 Å². The Morgan fingerprint density at radius 3 is 1.64 bits per heavy atom. The molecular formula is C49H42O20. The highest BCUT2D eigenvalue weighted by atomic mass is 16.5. The number of phenolic OH excluding ortho intramolecular Hbond substituents is 12. The van der Waals surface area contributed by atoms with Crippen molar-refractivity contribution in [1.29, 1.82) is 0 Å². The average molecular weight is 951 g/mol. The van der Waals surface area contributed by atoms with Gasteiger partial charge in [-0.1, -0.05) is 12.1 Å². The molecule has 6 aromatic carbocycles. The van der Waals surface area contributed by atoms with Crippen LogP contribution in [0.15, 0.2) is 75.9 Å². The highest BCUT2D eigenvalue weighted by molar-refractivity contribution is 6.06. The number of rotatable bonds is 3. The van der Waals surface area contributed by atoms with Crippen molar-refractivity contribution >= 4 is 22.5 Å². The van der Waals surface area contributed by atoms with Gasteiger partial charge in [0.05, 0.1) is 6.42 Å². The maximum Gasteiger partial charge on any atom is 0.238 e. The van der Waals surface area contributed by atoms with Crippen molar-refractivity contribution in [2.24, 2.45) is 0 Å². The largest absolute Gasteiger partial charge is 0.507 e. The number of aliphatic hydroxyl groups is 1. The molecule has 20 nitrogen and oxygen atoms in total. The maximum absolute atomic E-state index is 12.4. The number of phenols is 12. The molecule has 0 saturated carbocycles. The number of carbonyl (C=O) groups excluding carboxylic acids is 2.